The monoisotopic (exact) mass is 265 g/mol. The summed E-state index contributed by atoms with van der Waals surface area (Å²) in [6.45, 7) is 2.22. The second-order valence-electron chi connectivity index (χ2n) is 4.04. The molecule has 5 nitrogen and oxygen atoms in total. The minimum absolute atomic E-state index is 0.104. The number of benzene rings is 1. The second kappa shape index (κ2) is 8.26. The number of esters is 2. The van der Waals surface area contributed by atoms with E-state index in [1.54, 1.807) is 6.92 Å². The molecule has 0 aromatic heterocycles. The number of hydrogen-bond donors (Lipinski definition) is 1. The third-order valence-electron chi connectivity index (χ3n) is 2.49. The maximum absolute atomic E-state index is 11.5. The lowest BCUT2D eigenvalue weighted by atomic mass is 10.2. The average Bonchev–Trinajstić information content (AvgIpc) is 2.43. The lowest BCUT2D eigenvalue weighted by Gasteiger charge is -2.10. The molecule has 0 aliphatic carbocycles. The molecule has 104 valence electrons. The highest BCUT2D eigenvalue weighted by molar-refractivity contribution is 5.77. The van der Waals surface area contributed by atoms with Gasteiger partial charge >= 0.3 is 11.9 Å². The zero-order chi connectivity index (χ0) is 14.1. The largest absolute Gasteiger partial charge is 0.465 e. The van der Waals surface area contributed by atoms with E-state index >= 15 is 0 Å². The van der Waals surface area contributed by atoms with E-state index in [-0.39, 0.29) is 32.0 Å². The van der Waals surface area contributed by atoms with Crippen LogP contribution < -0.4 is 5.73 Å². The van der Waals surface area contributed by atoms with Crippen molar-refractivity contribution in [1.29, 1.82) is 0 Å². The van der Waals surface area contributed by atoms with Crippen molar-refractivity contribution in [3.8, 4) is 0 Å². The van der Waals surface area contributed by atoms with Gasteiger partial charge < -0.3 is 15.2 Å². The molecular weight excluding hydrogens is 246 g/mol. The zero-order valence-corrected chi connectivity index (χ0v) is 11.0. The topological polar surface area (TPSA) is 78.6 Å². The van der Waals surface area contributed by atoms with Crippen molar-refractivity contribution >= 4 is 11.9 Å². The number of carbonyl (C=O) groups excluding carboxylic acids is 2. The van der Waals surface area contributed by atoms with Gasteiger partial charge in [0.2, 0.25) is 0 Å². The van der Waals surface area contributed by atoms with Gasteiger partial charge in [0.1, 0.15) is 12.6 Å². The average molecular weight is 265 g/mol. The van der Waals surface area contributed by atoms with E-state index in [0.717, 1.165) is 5.56 Å². The van der Waals surface area contributed by atoms with Crippen LogP contribution in [0, 0.1) is 0 Å². The Kier molecular flexibility index (Phi) is 6.60. The van der Waals surface area contributed by atoms with E-state index in [0.29, 0.717) is 0 Å². The van der Waals surface area contributed by atoms with E-state index in [2.05, 4.69) is 0 Å². The van der Waals surface area contributed by atoms with Crippen LogP contribution in [-0.2, 0) is 25.7 Å². The molecule has 0 fully saturated rings. The Hall–Kier alpha value is -1.88. The number of rotatable bonds is 7. The van der Waals surface area contributed by atoms with Gasteiger partial charge in [-0.15, -0.1) is 0 Å². The van der Waals surface area contributed by atoms with Crippen LogP contribution in [-0.4, -0.2) is 24.6 Å². The number of ether oxygens (including phenoxy) is 2. The SMILES string of the molecule is CCOC(=O)[C@H](N)CCC(=O)OCc1ccccc1. The fourth-order valence-electron chi connectivity index (χ4n) is 1.45. The lowest BCUT2D eigenvalue weighted by Crippen LogP contribution is -2.32. The fourth-order valence-corrected chi connectivity index (χ4v) is 1.45. The van der Waals surface area contributed by atoms with Crippen LogP contribution in [0.25, 0.3) is 0 Å². The van der Waals surface area contributed by atoms with E-state index < -0.39 is 12.0 Å². The van der Waals surface area contributed by atoms with Crippen LogP contribution in [0.15, 0.2) is 30.3 Å². The van der Waals surface area contributed by atoms with Gasteiger partial charge in [0.25, 0.3) is 0 Å². The molecule has 0 amide bonds. The molecule has 19 heavy (non-hydrogen) atoms. The van der Waals surface area contributed by atoms with Crippen LogP contribution in [0.5, 0.6) is 0 Å². The third kappa shape index (κ3) is 6.01. The summed E-state index contributed by atoms with van der Waals surface area (Å²) in [5, 5.41) is 0. The number of carbonyl (C=O) groups is 2. The van der Waals surface area contributed by atoms with Crippen molar-refractivity contribution in [1.82, 2.24) is 0 Å². The van der Waals surface area contributed by atoms with Crippen LogP contribution in [0.3, 0.4) is 0 Å². The van der Waals surface area contributed by atoms with Crippen LogP contribution >= 0.6 is 0 Å². The van der Waals surface area contributed by atoms with Gasteiger partial charge in [-0.1, -0.05) is 30.3 Å². The quantitative estimate of drug-likeness (QED) is 0.754. The predicted molar refractivity (Wildman–Crippen MR) is 70.1 cm³/mol. The van der Waals surface area contributed by atoms with Crippen molar-refractivity contribution in [2.75, 3.05) is 6.61 Å². The van der Waals surface area contributed by atoms with E-state index in [9.17, 15) is 9.59 Å². The smallest absolute Gasteiger partial charge is 0.322 e. The van der Waals surface area contributed by atoms with Gasteiger partial charge in [0.15, 0.2) is 0 Å². The molecule has 2 N–H and O–H groups in total. The van der Waals surface area contributed by atoms with Gasteiger partial charge in [-0.05, 0) is 18.9 Å². The van der Waals surface area contributed by atoms with E-state index in [1.807, 2.05) is 30.3 Å². The van der Waals surface area contributed by atoms with Gasteiger partial charge in [0, 0.05) is 6.42 Å². The first-order valence-electron chi connectivity index (χ1n) is 6.25. The zero-order valence-electron chi connectivity index (χ0n) is 11.0. The van der Waals surface area contributed by atoms with Gasteiger partial charge in [-0.25, -0.2) is 0 Å². The Labute approximate surface area is 112 Å². The molecular formula is C14H19NO4. The molecule has 0 saturated carbocycles. The molecule has 1 aromatic carbocycles. The van der Waals surface area contributed by atoms with Crippen molar-refractivity contribution in [3.63, 3.8) is 0 Å². The standard InChI is InChI=1S/C14H19NO4/c1-2-18-14(17)12(15)8-9-13(16)19-10-11-6-4-3-5-7-11/h3-7,12H,2,8-10,15H2,1H3/t12-/m1/s1. The Balaban J connectivity index is 2.23. The minimum Gasteiger partial charge on any atom is -0.465 e. The summed E-state index contributed by atoms with van der Waals surface area (Å²) >= 11 is 0. The van der Waals surface area contributed by atoms with Crippen LogP contribution in [0.2, 0.25) is 0 Å². The number of hydrogen-bond acceptors (Lipinski definition) is 5. The second-order valence-corrected chi connectivity index (χ2v) is 4.04. The molecule has 5 heteroatoms. The molecule has 1 aromatic rings. The summed E-state index contributed by atoms with van der Waals surface area (Å²) in [5.74, 6) is -0.859. The van der Waals surface area contributed by atoms with Gasteiger partial charge in [-0.3, -0.25) is 9.59 Å². The molecule has 1 rings (SSSR count). The third-order valence-corrected chi connectivity index (χ3v) is 2.49. The first kappa shape index (κ1) is 15.2. The normalized spacial score (nSPS) is 11.7. The molecule has 0 unspecified atom stereocenters. The Morgan fingerprint density at radius 3 is 2.53 bits per heavy atom. The fraction of sp³-hybridized carbons (Fsp3) is 0.429. The summed E-state index contributed by atoms with van der Waals surface area (Å²) in [5.41, 5.74) is 6.50. The van der Waals surface area contributed by atoms with E-state index in [4.69, 9.17) is 15.2 Å². The lowest BCUT2D eigenvalue weighted by molar-refractivity contribution is -0.147. The molecule has 0 aliphatic rings. The van der Waals surface area contributed by atoms with Crippen LogP contribution in [0.4, 0.5) is 0 Å². The first-order valence-corrected chi connectivity index (χ1v) is 6.25. The van der Waals surface area contributed by atoms with Crippen molar-refractivity contribution < 1.29 is 19.1 Å². The molecule has 0 bridgehead atoms. The van der Waals surface area contributed by atoms with Crippen molar-refractivity contribution in [2.24, 2.45) is 5.73 Å². The molecule has 1 atom stereocenters. The Morgan fingerprint density at radius 2 is 1.89 bits per heavy atom. The van der Waals surface area contributed by atoms with Gasteiger partial charge in [0.05, 0.1) is 6.61 Å². The maximum atomic E-state index is 11.5. The molecule has 0 heterocycles. The maximum Gasteiger partial charge on any atom is 0.322 e. The molecule has 0 aliphatic heterocycles. The summed E-state index contributed by atoms with van der Waals surface area (Å²) < 4.78 is 9.82. The predicted octanol–water partition coefficient (Wildman–Crippen LogP) is 1.40. The van der Waals surface area contributed by atoms with Crippen molar-refractivity contribution in [3.05, 3.63) is 35.9 Å². The summed E-state index contributed by atoms with van der Waals surface area (Å²) in [6.07, 6.45) is 0.333. The summed E-state index contributed by atoms with van der Waals surface area (Å²) in [6, 6.07) is 8.61. The Bertz CT molecular complexity index is 405. The minimum atomic E-state index is -0.774. The van der Waals surface area contributed by atoms with Crippen molar-refractivity contribution in [2.45, 2.75) is 32.4 Å². The molecule has 0 spiro atoms. The Morgan fingerprint density at radius 1 is 1.21 bits per heavy atom. The number of nitrogens with two attached hydrogens (primary N) is 1. The first-order chi connectivity index (χ1) is 9.13. The molecule has 0 radical (unpaired) electrons. The van der Waals surface area contributed by atoms with Gasteiger partial charge in [-0.2, -0.15) is 0 Å². The summed E-state index contributed by atoms with van der Waals surface area (Å²) in [7, 11) is 0. The highest BCUT2D eigenvalue weighted by Crippen LogP contribution is 2.04. The highest BCUT2D eigenvalue weighted by atomic mass is 16.5. The molecule has 0 saturated heterocycles. The van der Waals surface area contributed by atoms with E-state index in [1.165, 1.54) is 0 Å². The van der Waals surface area contributed by atoms with Crippen LogP contribution in [0.1, 0.15) is 25.3 Å². The summed E-state index contributed by atoms with van der Waals surface area (Å²) in [4.78, 5) is 22.7. The highest BCUT2D eigenvalue weighted by Gasteiger charge is 2.16.